The van der Waals surface area contributed by atoms with E-state index in [2.05, 4.69) is 36.2 Å². The Morgan fingerprint density at radius 1 is 1.29 bits per heavy atom. The van der Waals surface area contributed by atoms with E-state index in [1.165, 1.54) is 11.0 Å². The van der Waals surface area contributed by atoms with E-state index in [0.29, 0.717) is 15.8 Å². The molecule has 2 heterocycles. The average Bonchev–Trinajstić information content (AvgIpc) is 3.09. The number of sulfonamides is 1. The summed E-state index contributed by atoms with van der Waals surface area (Å²) in [4.78, 5) is 0. The second kappa shape index (κ2) is 5.54. The largest absolute Gasteiger partial charge is 0.279 e. The molecule has 1 aromatic carbocycles. The highest BCUT2D eigenvalue weighted by Gasteiger charge is 2.19. The van der Waals surface area contributed by atoms with Crippen LogP contribution in [0.25, 0.3) is 5.69 Å². The van der Waals surface area contributed by atoms with Crippen LogP contribution in [0.4, 0.5) is 5.69 Å². The van der Waals surface area contributed by atoms with E-state index in [9.17, 15) is 8.42 Å². The van der Waals surface area contributed by atoms with Crippen LogP contribution in [0.3, 0.4) is 0 Å². The molecule has 7 nitrogen and oxygen atoms in total. The van der Waals surface area contributed by atoms with Crippen LogP contribution in [0, 0.1) is 0 Å². The normalized spacial score (nSPS) is 11.5. The highest BCUT2D eigenvalue weighted by Crippen LogP contribution is 2.29. The van der Waals surface area contributed by atoms with E-state index in [1.54, 1.807) is 35.7 Å². The minimum absolute atomic E-state index is 0.232. The fraction of sp³-hybridized carbons (Fsp3) is 0. The topological polar surface area (TPSA) is 89.8 Å². The molecule has 0 aliphatic carbocycles. The smallest absolute Gasteiger partial charge is 0.272 e. The van der Waals surface area contributed by atoms with E-state index in [4.69, 9.17) is 0 Å². The summed E-state index contributed by atoms with van der Waals surface area (Å²) in [5.41, 5.74) is 1.09. The number of hydrogen-bond donors (Lipinski definition) is 1. The number of halogens is 1. The Labute approximate surface area is 132 Å². The predicted molar refractivity (Wildman–Crippen MR) is 82.0 cm³/mol. The fourth-order valence-corrected chi connectivity index (χ4v) is 5.05. The monoisotopic (exact) mass is 385 g/mol. The van der Waals surface area contributed by atoms with Gasteiger partial charge in [-0.15, -0.1) is 16.4 Å². The molecule has 3 aromatic rings. The van der Waals surface area contributed by atoms with Crippen LogP contribution in [0.1, 0.15) is 0 Å². The van der Waals surface area contributed by atoms with Crippen molar-refractivity contribution in [1.82, 2.24) is 20.2 Å². The maximum Gasteiger partial charge on any atom is 0.272 e. The molecule has 1 N–H and O–H groups in total. The van der Waals surface area contributed by atoms with Crippen LogP contribution in [0.15, 0.2) is 50.7 Å². The zero-order valence-corrected chi connectivity index (χ0v) is 13.6. The van der Waals surface area contributed by atoms with Crippen LogP contribution in [0.5, 0.6) is 0 Å². The van der Waals surface area contributed by atoms with Gasteiger partial charge in [-0.25, -0.2) is 13.1 Å². The van der Waals surface area contributed by atoms with E-state index >= 15 is 0 Å². The van der Waals surface area contributed by atoms with Gasteiger partial charge >= 0.3 is 0 Å². The molecule has 0 aliphatic heterocycles. The summed E-state index contributed by atoms with van der Waals surface area (Å²) < 4.78 is 29.4. The van der Waals surface area contributed by atoms with Crippen molar-refractivity contribution in [3.63, 3.8) is 0 Å². The summed E-state index contributed by atoms with van der Waals surface area (Å²) in [6.45, 7) is 0. The van der Waals surface area contributed by atoms with Gasteiger partial charge in [0.1, 0.15) is 6.33 Å². The lowest BCUT2D eigenvalue weighted by atomic mass is 10.3. The van der Waals surface area contributed by atoms with Crippen molar-refractivity contribution in [2.45, 2.75) is 4.21 Å². The van der Waals surface area contributed by atoms with E-state index in [0.717, 1.165) is 11.3 Å². The van der Waals surface area contributed by atoms with E-state index in [1.807, 2.05) is 0 Å². The van der Waals surface area contributed by atoms with E-state index in [-0.39, 0.29) is 4.21 Å². The molecular formula is C11H8BrN5O2S2. The van der Waals surface area contributed by atoms with Crippen molar-refractivity contribution in [3.8, 4) is 5.69 Å². The van der Waals surface area contributed by atoms with Gasteiger partial charge in [0, 0.05) is 4.47 Å². The molecule has 0 radical (unpaired) electrons. The zero-order valence-electron chi connectivity index (χ0n) is 10.3. The number of aromatic nitrogens is 4. The van der Waals surface area contributed by atoms with Gasteiger partial charge in [-0.2, -0.15) is 0 Å². The van der Waals surface area contributed by atoms with Crippen LogP contribution in [0.2, 0.25) is 0 Å². The SMILES string of the molecule is O=S(=O)(Nc1cccc(-n2cnnn2)c1)c1sccc1Br. The molecule has 0 bridgehead atoms. The third kappa shape index (κ3) is 2.96. The van der Waals surface area contributed by atoms with E-state index < -0.39 is 10.0 Å². The molecule has 0 saturated heterocycles. The lowest BCUT2D eigenvalue weighted by Crippen LogP contribution is -2.12. The van der Waals surface area contributed by atoms with Crippen molar-refractivity contribution in [3.05, 3.63) is 46.5 Å². The Morgan fingerprint density at radius 3 is 2.81 bits per heavy atom. The molecule has 3 rings (SSSR count). The fourth-order valence-electron chi connectivity index (χ4n) is 1.66. The van der Waals surface area contributed by atoms with Crippen molar-refractivity contribution in [2.75, 3.05) is 4.72 Å². The molecule has 108 valence electrons. The summed E-state index contributed by atoms with van der Waals surface area (Å²) in [5, 5.41) is 12.6. The molecule has 0 saturated carbocycles. The Morgan fingerprint density at radius 2 is 2.14 bits per heavy atom. The number of tetrazole rings is 1. The number of nitrogens with zero attached hydrogens (tertiary/aromatic N) is 4. The maximum atomic E-state index is 12.3. The molecule has 0 unspecified atom stereocenters. The van der Waals surface area contributed by atoms with Crippen LogP contribution in [-0.4, -0.2) is 28.6 Å². The van der Waals surface area contributed by atoms with Crippen molar-refractivity contribution in [2.24, 2.45) is 0 Å². The zero-order chi connectivity index (χ0) is 14.9. The summed E-state index contributed by atoms with van der Waals surface area (Å²) >= 11 is 4.36. The van der Waals surface area contributed by atoms with Gasteiger partial charge in [-0.3, -0.25) is 4.72 Å². The first-order valence-electron chi connectivity index (χ1n) is 5.65. The Bertz CT molecular complexity index is 860. The van der Waals surface area contributed by atoms with Gasteiger partial charge in [0.25, 0.3) is 10.0 Å². The Balaban J connectivity index is 1.92. The molecule has 0 amide bonds. The van der Waals surface area contributed by atoms with Crippen LogP contribution < -0.4 is 4.72 Å². The minimum Gasteiger partial charge on any atom is -0.279 e. The number of nitrogens with one attached hydrogen (secondary N) is 1. The molecule has 0 aliphatic rings. The molecule has 0 atom stereocenters. The lowest BCUT2D eigenvalue weighted by Gasteiger charge is -2.08. The first kappa shape index (κ1) is 14.2. The minimum atomic E-state index is -3.63. The Kier molecular flexibility index (Phi) is 3.74. The van der Waals surface area contributed by atoms with Gasteiger partial charge in [0.15, 0.2) is 4.21 Å². The molecule has 10 heteroatoms. The number of thiophene rings is 1. The third-order valence-corrected chi connectivity index (χ3v) is 6.59. The van der Waals surface area contributed by atoms with Gasteiger partial charge in [0.05, 0.1) is 11.4 Å². The molecule has 21 heavy (non-hydrogen) atoms. The van der Waals surface area contributed by atoms with Crippen molar-refractivity contribution >= 4 is 43.0 Å². The molecular weight excluding hydrogens is 378 g/mol. The summed E-state index contributed by atoms with van der Waals surface area (Å²) in [5.74, 6) is 0. The molecule has 0 fully saturated rings. The third-order valence-electron chi connectivity index (χ3n) is 2.54. The van der Waals surface area contributed by atoms with Crippen molar-refractivity contribution < 1.29 is 8.42 Å². The van der Waals surface area contributed by atoms with Crippen LogP contribution in [-0.2, 0) is 10.0 Å². The summed E-state index contributed by atoms with van der Waals surface area (Å²) in [7, 11) is -3.63. The lowest BCUT2D eigenvalue weighted by molar-refractivity contribution is 0.603. The predicted octanol–water partition coefficient (Wildman–Crippen LogP) is 2.29. The quantitative estimate of drug-likeness (QED) is 0.743. The van der Waals surface area contributed by atoms with Crippen molar-refractivity contribution in [1.29, 1.82) is 0 Å². The summed E-state index contributed by atoms with van der Waals surface area (Å²) in [6, 6.07) is 8.49. The second-order valence-corrected chi connectivity index (χ2v) is 7.61. The average molecular weight is 386 g/mol. The number of hydrogen-bond acceptors (Lipinski definition) is 6. The first-order valence-corrected chi connectivity index (χ1v) is 8.81. The Hall–Kier alpha value is -1.78. The molecule has 0 spiro atoms. The number of anilines is 1. The van der Waals surface area contributed by atoms with Crippen LogP contribution >= 0.6 is 27.3 Å². The standard InChI is InChI=1S/C11H8BrN5O2S2/c12-10-4-5-20-11(10)21(18,19)14-8-2-1-3-9(6-8)17-7-13-15-16-17/h1-7,14H. The highest BCUT2D eigenvalue weighted by molar-refractivity contribution is 9.10. The highest BCUT2D eigenvalue weighted by atomic mass is 79.9. The number of benzene rings is 1. The summed E-state index contributed by atoms with van der Waals surface area (Å²) in [6.07, 6.45) is 1.43. The van der Waals surface area contributed by atoms with Gasteiger partial charge in [-0.1, -0.05) is 6.07 Å². The molecule has 2 aromatic heterocycles. The maximum absolute atomic E-state index is 12.3. The first-order chi connectivity index (χ1) is 10.1. The van der Waals surface area contributed by atoms with Gasteiger partial charge in [-0.05, 0) is 56.0 Å². The van der Waals surface area contributed by atoms with Gasteiger partial charge in [0.2, 0.25) is 0 Å². The van der Waals surface area contributed by atoms with Gasteiger partial charge < -0.3 is 0 Å². The second-order valence-electron chi connectivity index (χ2n) is 3.97. The number of rotatable bonds is 4.